The minimum absolute atomic E-state index is 0.0645. The Kier molecular flexibility index (Phi) is 5.54. The summed E-state index contributed by atoms with van der Waals surface area (Å²) in [5.74, 6) is -0.756. The molecular formula is C16H20N2O3S2. The highest BCUT2D eigenvalue weighted by atomic mass is 32.1. The van der Waals surface area contributed by atoms with Gasteiger partial charge in [-0.15, -0.1) is 22.7 Å². The average molecular weight is 352 g/mol. The molecule has 0 saturated carbocycles. The summed E-state index contributed by atoms with van der Waals surface area (Å²) in [5.41, 5.74) is 0.300. The molecule has 1 amide bonds. The highest BCUT2D eigenvalue weighted by molar-refractivity contribution is 7.20. The molecule has 0 bridgehead atoms. The van der Waals surface area contributed by atoms with Gasteiger partial charge in [-0.2, -0.15) is 0 Å². The third kappa shape index (κ3) is 5.44. The molecule has 0 aliphatic heterocycles. The van der Waals surface area contributed by atoms with Crippen LogP contribution in [-0.2, 0) is 20.7 Å². The van der Waals surface area contributed by atoms with E-state index < -0.39 is 12.1 Å². The number of ether oxygens (including phenoxy) is 1. The van der Waals surface area contributed by atoms with Crippen LogP contribution in [0.15, 0.2) is 22.9 Å². The normalized spacial score (nSPS) is 12.7. The Morgan fingerprint density at radius 3 is 2.70 bits per heavy atom. The van der Waals surface area contributed by atoms with Gasteiger partial charge in [0, 0.05) is 10.9 Å². The van der Waals surface area contributed by atoms with Gasteiger partial charge >= 0.3 is 5.97 Å². The smallest absolute Gasteiger partial charge is 0.312 e. The number of carbonyl (C=O) groups is 2. The quantitative estimate of drug-likeness (QED) is 0.839. The molecule has 1 N–H and O–H groups in total. The molecule has 0 fully saturated rings. The molecule has 2 heterocycles. The molecule has 0 aliphatic rings. The number of aromatic nitrogens is 1. The van der Waals surface area contributed by atoms with Crippen LogP contribution < -0.4 is 5.32 Å². The maximum absolute atomic E-state index is 12.0. The highest BCUT2D eigenvalue weighted by Gasteiger charge is 2.22. The Bertz CT molecular complexity index is 672. The molecule has 0 aliphatic carbocycles. The minimum atomic E-state index is -0.822. The molecule has 2 aromatic heterocycles. The van der Waals surface area contributed by atoms with Crippen LogP contribution in [0.3, 0.4) is 0 Å². The van der Waals surface area contributed by atoms with Crippen molar-refractivity contribution in [3.8, 4) is 9.88 Å². The van der Waals surface area contributed by atoms with Gasteiger partial charge in [0.2, 0.25) is 0 Å². The van der Waals surface area contributed by atoms with Gasteiger partial charge in [0.1, 0.15) is 5.01 Å². The minimum Gasteiger partial charge on any atom is -0.452 e. The summed E-state index contributed by atoms with van der Waals surface area (Å²) in [6, 6.07) is 3.95. The summed E-state index contributed by atoms with van der Waals surface area (Å²) in [7, 11) is 0. The first-order chi connectivity index (χ1) is 10.7. The second-order valence-corrected chi connectivity index (χ2v) is 7.98. The van der Waals surface area contributed by atoms with Crippen molar-refractivity contribution in [1.29, 1.82) is 0 Å². The predicted octanol–water partition coefficient (Wildman–Crippen LogP) is 3.26. The van der Waals surface area contributed by atoms with E-state index in [1.807, 2.05) is 43.7 Å². The Morgan fingerprint density at radius 2 is 2.09 bits per heavy atom. The third-order valence-corrected chi connectivity index (χ3v) is 4.71. The largest absolute Gasteiger partial charge is 0.452 e. The summed E-state index contributed by atoms with van der Waals surface area (Å²) in [5, 5.41) is 7.50. The van der Waals surface area contributed by atoms with Gasteiger partial charge in [-0.05, 0) is 39.1 Å². The Morgan fingerprint density at radius 1 is 1.35 bits per heavy atom. The number of rotatable bonds is 5. The van der Waals surface area contributed by atoms with E-state index >= 15 is 0 Å². The van der Waals surface area contributed by atoms with Gasteiger partial charge in [0.05, 0.1) is 17.0 Å². The van der Waals surface area contributed by atoms with Crippen LogP contribution in [0, 0.1) is 0 Å². The van der Waals surface area contributed by atoms with Crippen LogP contribution in [-0.4, -0.2) is 28.5 Å². The van der Waals surface area contributed by atoms with Crippen molar-refractivity contribution in [1.82, 2.24) is 10.3 Å². The molecule has 2 rings (SSSR count). The zero-order valence-electron chi connectivity index (χ0n) is 13.6. The van der Waals surface area contributed by atoms with Gasteiger partial charge in [-0.25, -0.2) is 4.98 Å². The predicted molar refractivity (Wildman–Crippen MR) is 92.6 cm³/mol. The number of carbonyl (C=O) groups excluding carboxylic acids is 2. The fourth-order valence-corrected chi connectivity index (χ4v) is 3.45. The molecule has 0 spiro atoms. The van der Waals surface area contributed by atoms with Crippen LogP contribution in [0.25, 0.3) is 9.88 Å². The zero-order chi connectivity index (χ0) is 17.0. The lowest BCUT2D eigenvalue weighted by Gasteiger charge is -2.23. The van der Waals surface area contributed by atoms with Crippen LogP contribution >= 0.6 is 22.7 Å². The fourth-order valence-electron chi connectivity index (χ4n) is 1.81. The average Bonchev–Trinajstić information content (AvgIpc) is 3.06. The maximum Gasteiger partial charge on any atom is 0.312 e. The number of thiazole rings is 1. The van der Waals surface area contributed by atoms with Crippen LogP contribution in [0.5, 0.6) is 0 Å². The van der Waals surface area contributed by atoms with Crippen molar-refractivity contribution in [3.63, 3.8) is 0 Å². The lowest BCUT2D eigenvalue weighted by molar-refractivity contribution is -0.154. The standard InChI is InChI=1S/C16H20N2O3S2/c1-10(14(20)18-16(2,3)4)21-13(19)8-11-9-23-15(17-11)12-6-5-7-22-12/h5-7,9-10H,8H2,1-4H3,(H,18,20). The molecule has 0 radical (unpaired) electrons. The molecule has 1 atom stereocenters. The number of hydrogen-bond donors (Lipinski definition) is 1. The maximum atomic E-state index is 12.0. The van der Waals surface area contributed by atoms with Crippen molar-refractivity contribution >= 4 is 34.6 Å². The summed E-state index contributed by atoms with van der Waals surface area (Å²) in [4.78, 5) is 29.4. The first-order valence-electron chi connectivity index (χ1n) is 7.24. The summed E-state index contributed by atoms with van der Waals surface area (Å²) in [6.07, 6.45) is -0.758. The van der Waals surface area contributed by atoms with E-state index in [1.165, 1.54) is 11.3 Å². The van der Waals surface area contributed by atoms with Crippen LogP contribution in [0.2, 0.25) is 0 Å². The van der Waals surface area contributed by atoms with Gasteiger partial charge in [-0.3, -0.25) is 9.59 Å². The zero-order valence-corrected chi connectivity index (χ0v) is 15.2. The molecule has 1 unspecified atom stereocenters. The van der Waals surface area contributed by atoms with Crippen LogP contribution in [0.1, 0.15) is 33.4 Å². The second kappa shape index (κ2) is 7.23. The van der Waals surface area contributed by atoms with Crippen molar-refractivity contribution in [3.05, 3.63) is 28.6 Å². The van der Waals surface area contributed by atoms with Crippen molar-refractivity contribution in [2.75, 3.05) is 0 Å². The van der Waals surface area contributed by atoms with E-state index in [4.69, 9.17) is 4.74 Å². The van der Waals surface area contributed by atoms with E-state index in [1.54, 1.807) is 18.3 Å². The number of esters is 1. The van der Waals surface area contributed by atoms with Gasteiger partial charge in [0.25, 0.3) is 5.91 Å². The Balaban J connectivity index is 1.88. The molecule has 0 saturated heterocycles. The number of hydrogen-bond acceptors (Lipinski definition) is 6. The van der Waals surface area contributed by atoms with E-state index in [-0.39, 0.29) is 17.9 Å². The van der Waals surface area contributed by atoms with Gasteiger partial charge < -0.3 is 10.1 Å². The van der Waals surface area contributed by atoms with Crippen molar-refractivity contribution < 1.29 is 14.3 Å². The molecule has 0 aromatic carbocycles. The number of amides is 1. The number of thiophene rings is 1. The molecule has 23 heavy (non-hydrogen) atoms. The van der Waals surface area contributed by atoms with Crippen molar-refractivity contribution in [2.45, 2.75) is 45.8 Å². The second-order valence-electron chi connectivity index (χ2n) is 6.17. The van der Waals surface area contributed by atoms with E-state index in [9.17, 15) is 9.59 Å². The topological polar surface area (TPSA) is 68.3 Å². The van der Waals surface area contributed by atoms with E-state index in [0.717, 1.165) is 9.88 Å². The molecule has 2 aromatic rings. The third-order valence-electron chi connectivity index (χ3n) is 2.78. The number of nitrogens with one attached hydrogen (secondary N) is 1. The lowest BCUT2D eigenvalue weighted by atomic mass is 10.1. The first-order valence-corrected chi connectivity index (χ1v) is 9.00. The summed E-state index contributed by atoms with van der Waals surface area (Å²) >= 11 is 3.10. The van der Waals surface area contributed by atoms with Gasteiger partial charge in [-0.1, -0.05) is 6.07 Å². The molecule has 124 valence electrons. The van der Waals surface area contributed by atoms with Gasteiger partial charge in [0.15, 0.2) is 6.10 Å². The SMILES string of the molecule is CC(OC(=O)Cc1csc(-c2cccs2)n1)C(=O)NC(C)(C)C. The fraction of sp³-hybridized carbons (Fsp3) is 0.438. The summed E-state index contributed by atoms with van der Waals surface area (Å²) in [6.45, 7) is 7.19. The van der Waals surface area contributed by atoms with Crippen molar-refractivity contribution in [2.24, 2.45) is 0 Å². The lowest BCUT2D eigenvalue weighted by Crippen LogP contribution is -2.46. The molecular weight excluding hydrogens is 332 g/mol. The monoisotopic (exact) mass is 352 g/mol. The Hall–Kier alpha value is -1.73. The van der Waals surface area contributed by atoms with Crippen LogP contribution in [0.4, 0.5) is 0 Å². The first kappa shape index (κ1) is 17.6. The number of nitrogens with zero attached hydrogens (tertiary/aromatic N) is 1. The molecule has 5 nitrogen and oxygen atoms in total. The van der Waals surface area contributed by atoms with E-state index in [2.05, 4.69) is 10.3 Å². The highest BCUT2D eigenvalue weighted by Crippen LogP contribution is 2.27. The van der Waals surface area contributed by atoms with E-state index in [0.29, 0.717) is 5.69 Å². The molecule has 7 heteroatoms. The summed E-state index contributed by atoms with van der Waals surface area (Å²) < 4.78 is 5.18. The Labute approximate surface area is 143 Å².